The van der Waals surface area contributed by atoms with Crippen LogP contribution in [0.15, 0.2) is 54.9 Å². The molecule has 2 aromatic carbocycles. The largest absolute Gasteiger partial charge is 0.497 e. The molecule has 4 rings (SSSR count). The Morgan fingerprint density at radius 1 is 0.917 bits per heavy atom. The van der Waals surface area contributed by atoms with Crippen LogP contribution in [0, 0.1) is 0 Å². The van der Waals surface area contributed by atoms with Crippen molar-refractivity contribution in [3.63, 3.8) is 0 Å². The molecule has 0 bridgehead atoms. The fraction of sp³-hybridized carbons (Fsp3) is 0.400. The number of carboxylic acids is 2. The molecular formula is C30H35F6N5O7. The van der Waals surface area contributed by atoms with Crippen LogP contribution in [0.5, 0.6) is 11.5 Å². The summed E-state index contributed by atoms with van der Waals surface area (Å²) >= 11 is 0. The molecule has 12 nitrogen and oxygen atoms in total. The summed E-state index contributed by atoms with van der Waals surface area (Å²) in [5.74, 6) is -4.13. The van der Waals surface area contributed by atoms with E-state index in [1.165, 1.54) is 19.3 Å². The molecule has 264 valence electrons. The first-order valence-corrected chi connectivity index (χ1v) is 14.2. The van der Waals surface area contributed by atoms with Gasteiger partial charge in [0.15, 0.2) is 0 Å². The highest BCUT2D eigenvalue weighted by molar-refractivity contribution is 5.91. The van der Waals surface area contributed by atoms with Crippen molar-refractivity contribution >= 4 is 23.7 Å². The second-order valence-electron chi connectivity index (χ2n) is 10.1. The molecule has 1 aromatic heterocycles. The molecule has 4 N–H and O–H groups in total. The Morgan fingerprint density at radius 3 is 2.06 bits per heavy atom. The number of ether oxygens (including phenoxy) is 2. The average molecular weight is 692 g/mol. The number of alkyl halides is 6. The Kier molecular flexibility index (Phi) is 15.0. The summed E-state index contributed by atoms with van der Waals surface area (Å²) in [5, 5.41) is 24.1. The lowest BCUT2D eigenvalue weighted by atomic mass is 10.1. The number of carbonyl (C=O) groups excluding carboxylic acids is 1. The highest BCUT2D eigenvalue weighted by atomic mass is 19.4. The smallest absolute Gasteiger partial charge is 0.490 e. The summed E-state index contributed by atoms with van der Waals surface area (Å²) in [4.78, 5) is 35.5. The summed E-state index contributed by atoms with van der Waals surface area (Å²) in [7, 11) is 3.26. The van der Waals surface area contributed by atoms with Crippen molar-refractivity contribution in [1.82, 2.24) is 20.0 Å². The Hall–Kier alpha value is -5.00. The minimum atomic E-state index is -5.08. The number of amides is 2. The molecule has 3 aromatic rings. The quantitative estimate of drug-likeness (QED) is 0.201. The lowest BCUT2D eigenvalue weighted by molar-refractivity contribution is -0.193. The monoisotopic (exact) mass is 691 g/mol. The molecule has 1 aliphatic heterocycles. The van der Waals surface area contributed by atoms with Crippen LogP contribution < -0.4 is 14.8 Å². The van der Waals surface area contributed by atoms with Crippen LogP contribution in [0.2, 0.25) is 0 Å². The van der Waals surface area contributed by atoms with Crippen LogP contribution in [0.4, 0.5) is 36.8 Å². The van der Waals surface area contributed by atoms with Gasteiger partial charge in [0.2, 0.25) is 0 Å². The molecule has 18 heteroatoms. The van der Waals surface area contributed by atoms with Crippen LogP contribution in [0.25, 0.3) is 11.1 Å². The summed E-state index contributed by atoms with van der Waals surface area (Å²) in [6.45, 7) is 4.18. The van der Waals surface area contributed by atoms with E-state index in [0.717, 1.165) is 42.1 Å². The second-order valence-corrected chi connectivity index (χ2v) is 10.1. The van der Waals surface area contributed by atoms with Gasteiger partial charge in [-0.2, -0.15) is 31.4 Å². The average Bonchev–Trinajstić information content (AvgIpc) is 3.59. The molecule has 1 saturated heterocycles. The van der Waals surface area contributed by atoms with E-state index in [0.29, 0.717) is 24.5 Å². The number of carboxylic acid groups (broad SMARTS) is 2. The van der Waals surface area contributed by atoms with Crippen molar-refractivity contribution in [2.75, 3.05) is 45.7 Å². The van der Waals surface area contributed by atoms with Gasteiger partial charge in [0.05, 0.1) is 26.1 Å². The molecule has 2 amide bonds. The minimum absolute atomic E-state index is 0.158. The molecule has 0 aliphatic carbocycles. The predicted octanol–water partition coefficient (Wildman–Crippen LogP) is 5.88. The third-order valence-corrected chi connectivity index (χ3v) is 6.69. The van der Waals surface area contributed by atoms with Crippen molar-refractivity contribution in [2.45, 2.75) is 38.2 Å². The minimum Gasteiger partial charge on any atom is -0.497 e. The molecule has 1 fully saturated rings. The third-order valence-electron chi connectivity index (χ3n) is 6.69. The zero-order valence-electron chi connectivity index (χ0n) is 25.9. The number of aliphatic carboxylic acids is 2. The van der Waals surface area contributed by atoms with E-state index in [2.05, 4.69) is 20.4 Å². The molecular weight excluding hydrogens is 656 g/mol. The summed E-state index contributed by atoms with van der Waals surface area (Å²) in [6.07, 6.45) is -2.85. The number of hydrogen-bond donors (Lipinski definition) is 4. The number of methoxy groups -OCH3 is 2. The van der Waals surface area contributed by atoms with Crippen molar-refractivity contribution in [2.24, 2.45) is 0 Å². The van der Waals surface area contributed by atoms with E-state index < -0.39 is 24.3 Å². The zero-order valence-corrected chi connectivity index (χ0v) is 25.9. The van der Waals surface area contributed by atoms with Crippen LogP contribution in [0.3, 0.4) is 0 Å². The van der Waals surface area contributed by atoms with Gasteiger partial charge in [-0.25, -0.2) is 14.4 Å². The van der Waals surface area contributed by atoms with Gasteiger partial charge in [-0.15, -0.1) is 0 Å². The van der Waals surface area contributed by atoms with Gasteiger partial charge in [0.25, 0.3) is 0 Å². The SMILES string of the molecule is COc1cccc(CN(CCN2CCCCC2)C(=O)Nc2ccc(-c3cn[nH]c3)cc2OC)c1.O=C(O)C(F)(F)F.O=C(O)C(F)(F)F. The number of piperidine rings is 1. The number of halogens is 6. The standard InChI is InChI=1S/C26H33N5O3.2C2HF3O2/c1-33-23-8-6-7-20(15-23)19-31(14-13-30-11-4-3-5-12-30)26(32)29-24-10-9-21(16-25(24)34-2)22-17-27-28-18-22;2*3-2(4,5)1(6)7/h6-10,15-18H,3-5,11-14,19H2,1-2H3,(H,27,28)(H,29,32);2*(H,6,7). The summed E-state index contributed by atoms with van der Waals surface area (Å²) in [5.41, 5.74) is 3.57. The van der Waals surface area contributed by atoms with E-state index in [9.17, 15) is 31.1 Å². The highest BCUT2D eigenvalue weighted by Crippen LogP contribution is 2.31. The predicted molar refractivity (Wildman–Crippen MR) is 161 cm³/mol. The Morgan fingerprint density at radius 2 is 1.54 bits per heavy atom. The maximum absolute atomic E-state index is 13.4. The molecule has 0 spiro atoms. The van der Waals surface area contributed by atoms with E-state index in [1.807, 2.05) is 53.6 Å². The number of aromatic nitrogens is 2. The fourth-order valence-corrected chi connectivity index (χ4v) is 4.27. The number of nitrogens with one attached hydrogen (secondary N) is 2. The number of anilines is 1. The number of rotatable bonds is 9. The normalized spacial score (nSPS) is 13.2. The van der Waals surface area contributed by atoms with Crippen LogP contribution in [-0.4, -0.2) is 101 Å². The van der Waals surface area contributed by atoms with Gasteiger partial charge >= 0.3 is 30.3 Å². The number of likely N-dealkylation sites (tertiary alicyclic amines) is 1. The molecule has 2 heterocycles. The second kappa shape index (κ2) is 18.4. The molecule has 0 atom stereocenters. The van der Waals surface area contributed by atoms with Gasteiger partial charge in [-0.1, -0.05) is 24.6 Å². The number of benzene rings is 2. The fourth-order valence-electron chi connectivity index (χ4n) is 4.27. The van der Waals surface area contributed by atoms with E-state index in [-0.39, 0.29) is 6.03 Å². The molecule has 0 radical (unpaired) electrons. The molecule has 1 aliphatic rings. The Bertz CT molecular complexity index is 1440. The Labute approximate surface area is 271 Å². The topological polar surface area (TPSA) is 157 Å². The number of carbonyl (C=O) groups is 3. The number of aromatic amines is 1. The first-order chi connectivity index (χ1) is 22.5. The molecule has 0 unspecified atom stereocenters. The van der Waals surface area contributed by atoms with Gasteiger partial charge in [-0.3, -0.25) is 5.10 Å². The number of hydrogen-bond acceptors (Lipinski definition) is 7. The van der Waals surface area contributed by atoms with Crippen LogP contribution >= 0.6 is 0 Å². The summed E-state index contributed by atoms with van der Waals surface area (Å²) in [6, 6.07) is 13.4. The lowest BCUT2D eigenvalue weighted by Gasteiger charge is -2.30. The first kappa shape index (κ1) is 39.2. The molecule has 0 saturated carbocycles. The summed E-state index contributed by atoms with van der Waals surface area (Å²) < 4.78 is 74.4. The number of urea groups is 1. The Balaban J connectivity index is 0.000000479. The molecule has 48 heavy (non-hydrogen) atoms. The van der Waals surface area contributed by atoms with Crippen molar-refractivity contribution in [1.29, 1.82) is 0 Å². The van der Waals surface area contributed by atoms with E-state index >= 15 is 0 Å². The number of H-pyrrole nitrogens is 1. The maximum Gasteiger partial charge on any atom is 0.490 e. The van der Waals surface area contributed by atoms with Crippen molar-refractivity contribution in [3.05, 3.63) is 60.4 Å². The van der Waals surface area contributed by atoms with Crippen molar-refractivity contribution < 1.29 is 60.4 Å². The van der Waals surface area contributed by atoms with Gasteiger partial charge in [-0.05, 0) is 61.3 Å². The van der Waals surface area contributed by atoms with Gasteiger partial charge in [0, 0.05) is 31.4 Å². The maximum atomic E-state index is 13.4. The van der Waals surface area contributed by atoms with Gasteiger partial charge in [0.1, 0.15) is 11.5 Å². The first-order valence-electron chi connectivity index (χ1n) is 14.2. The lowest BCUT2D eigenvalue weighted by Crippen LogP contribution is -2.42. The van der Waals surface area contributed by atoms with E-state index in [4.69, 9.17) is 29.3 Å². The van der Waals surface area contributed by atoms with Gasteiger partial charge < -0.3 is 34.8 Å². The highest BCUT2D eigenvalue weighted by Gasteiger charge is 2.38. The number of nitrogens with zero attached hydrogens (tertiary/aromatic N) is 3. The van der Waals surface area contributed by atoms with Crippen molar-refractivity contribution in [3.8, 4) is 22.6 Å². The third kappa shape index (κ3) is 13.4. The van der Waals surface area contributed by atoms with E-state index in [1.54, 1.807) is 20.4 Å². The van der Waals surface area contributed by atoms with Crippen LogP contribution in [0.1, 0.15) is 24.8 Å². The van der Waals surface area contributed by atoms with Crippen LogP contribution in [-0.2, 0) is 16.1 Å². The zero-order chi connectivity index (χ0) is 35.9.